The summed E-state index contributed by atoms with van der Waals surface area (Å²) >= 11 is 3.10. The minimum absolute atomic E-state index is 0.00520. The van der Waals surface area contributed by atoms with Crippen LogP contribution in [0, 0.1) is 5.92 Å². The van der Waals surface area contributed by atoms with Gasteiger partial charge < -0.3 is 20.3 Å². The van der Waals surface area contributed by atoms with Crippen LogP contribution in [0.2, 0.25) is 0 Å². The Morgan fingerprint density at radius 1 is 0.800 bits per heavy atom. The van der Waals surface area contributed by atoms with Crippen LogP contribution in [0.1, 0.15) is 13.8 Å². The lowest BCUT2D eigenvalue weighted by atomic mass is 10.1. The second-order valence-corrected chi connectivity index (χ2v) is 17.4. The fraction of sp³-hybridized carbons (Fsp3) is 0.205. The van der Waals surface area contributed by atoms with E-state index in [1.54, 1.807) is 41.9 Å². The first-order valence-electron chi connectivity index (χ1n) is 18.6. The maximum Gasteiger partial charge on any atom is 0.247 e. The normalized spacial score (nSPS) is 12.9. The van der Waals surface area contributed by atoms with Crippen molar-refractivity contribution in [1.82, 2.24) is 45.5 Å². The summed E-state index contributed by atoms with van der Waals surface area (Å²) in [6.45, 7) is 6.91. The molecule has 9 rings (SSSR count). The number of H-pyrrole nitrogens is 1. The van der Waals surface area contributed by atoms with Gasteiger partial charge in [-0.2, -0.15) is 0 Å². The molecule has 5 N–H and O–H groups in total. The minimum Gasteiger partial charge on any atom is -0.378 e. The number of sulfonamides is 1. The van der Waals surface area contributed by atoms with Crippen molar-refractivity contribution in [2.45, 2.75) is 13.8 Å². The summed E-state index contributed by atoms with van der Waals surface area (Å²) in [5.41, 5.74) is 7.43. The number of carbonyl (C=O) groups excluding carboxylic acids is 1. The maximum atomic E-state index is 12.1. The van der Waals surface area contributed by atoms with Crippen molar-refractivity contribution in [3.05, 3.63) is 90.0 Å². The molecule has 60 heavy (non-hydrogen) atoms. The number of anilines is 7. The van der Waals surface area contributed by atoms with Gasteiger partial charge in [0.2, 0.25) is 33.8 Å². The van der Waals surface area contributed by atoms with Gasteiger partial charge in [0.15, 0.2) is 0 Å². The summed E-state index contributed by atoms with van der Waals surface area (Å²) in [4.78, 5) is 36.9. The van der Waals surface area contributed by atoms with Crippen LogP contribution in [-0.4, -0.2) is 92.4 Å². The topological polar surface area (TPSA) is 231 Å². The van der Waals surface area contributed by atoms with E-state index < -0.39 is 10.0 Å². The molecule has 8 aromatic rings. The third kappa shape index (κ3) is 9.77. The molecule has 0 aliphatic carbocycles. The van der Waals surface area contributed by atoms with E-state index in [0.29, 0.717) is 23.5 Å². The van der Waals surface area contributed by atoms with Crippen LogP contribution in [-0.2, 0) is 19.6 Å². The number of carbonyl (C=O) groups is 1. The van der Waals surface area contributed by atoms with Crippen molar-refractivity contribution in [2.75, 3.05) is 58.1 Å². The number of fused-ring (bicyclic) bond motifs is 2. The summed E-state index contributed by atoms with van der Waals surface area (Å²) in [5.74, 6) is 2.05. The summed E-state index contributed by atoms with van der Waals surface area (Å²) in [6, 6.07) is 19.0. The van der Waals surface area contributed by atoms with Gasteiger partial charge in [0.25, 0.3) is 0 Å². The van der Waals surface area contributed by atoms with Crippen molar-refractivity contribution in [1.29, 1.82) is 0 Å². The zero-order chi connectivity index (χ0) is 41.6. The number of hydrogen-bond donors (Lipinski definition) is 5. The Hall–Kier alpha value is -6.68. The van der Waals surface area contributed by atoms with Crippen LogP contribution in [0.15, 0.2) is 90.0 Å². The lowest BCUT2D eigenvalue weighted by Gasteiger charge is -2.27. The number of tetrazole rings is 1. The lowest BCUT2D eigenvalue weighted by Crippen LogP contribution is -2.36. The molecule has 18 nitrogen and oxygen atoms in total. The van der Waals surface area contributed by atoms with E-state index in [1.165, 1.54) is 11.3 Å². The highest BCUT2D eigenvalue weighted by atomic mass is 32.2. The quantitative estimate of drug-likeness (QED) is 0.0889. The molecule has 0 radical (unpaired) electrons. The highest BCUT2D eigenvalue weighted by Gasteiger charge is 2.16. The Bertz CT molecular complexity index is 2860. The molecule has 2 aromatic carbocycles. The van der Waals surface area contributed by atoms with Crippen LogP contribution in [0.5, 0.6) is 0 Å². The number of amides is 1. The number of aromatic amines is 1. The van der Waals surface area contributed by atoms with Gasteiger partial charge in [0.1, 0.15) is 5.82 Å². The number of morpholine rings is 1. The van der Waals surface area contributed by atoms with E-state index in [4.69, 9.17) is 9.72 Å². The molecule has 1 amide bonds. The predicted octanol–water partition coefficient (Wildman–Crippen LogP) is 6.91. The second kappa shape index (κ2) is 17.7. The number of rotatable bonds is 11. The Morgan fingerprint density at radius 2 is 1.43 bits per heavy atom. The van der Waals surface area contributed by atoms with Crippen LogP contribution in [0.3, 0.4) is 0 Å². The Labute approximate surface area is 352 Å². The smallest absolute Gasteiger partial charge is 0.247 e. The van der Waals surface area contributed by atoms with Gasteiger partial charge in [-0.05, 0) is 58.0 Å². The number of ether oxygens (including phenoxy) is 1. The van der Waals surface area contributed by atoms with Crippen molar-refractivity contribution in [3.8, 4) is 22.3 Å². The molecule has 6 aromatic heterocycles. The zero-order valence-electron chi connectivity index (χ0n) is 32.4. The number of aromatic nitrogens is 9. The molecule has 1 aliphatic heterocycles. The van der Waals surface area contributed by atoms with Crippen LogP contribution >= 0.6 is 22.7 Å². The largest absolute Gasteiger partial charge is 0.378 e. The van der Waals surface area contributed by atoms with E-state index in [2.05, 4.69) is 71.5 Å². The summed E-state index contributed by atoms with van der Waals surface area (Å²) < 4.78 is 32.7. The van der Waals surface area contributed by atoms with Crippen molar-refractivity contribution < 1.29 is 17.9 Å². The Kier molecular flexibility index (Phi) is 11.8. The highest BCUT2D eigenvalue weighted by Crippen LogP contribution is 2.36. The van der Waals surface area contributed by atoms with Gasteiger partial charge in [-0.1, -0.05) is 43.2 Å². The number of pyridine rings is 1. The number of hydrogen-bond acceptors (Lipinski definition) is 17. The molecule has 0 saturated carbocycles. The Morgan fingerprint density at radius 3 is 2.02 bits per heavy atom. The molecule has 1 saturated heterocycles. The predicted molar refractivity (Wildman–Crippen MR) is 236 cm³/mol. The lowest BCUT2D eigenvalue weighted by molar-refractivity contribution is -0.118. The first kappa shape index (κ1) is 40.1. The van der Waals surface area contributed by atoms with E-state index in [0.717, 1.165) is 92.4 Å². The van der Waals surface area contributed by atoms with E-state index >= 15 is 0 Å². The number of nitrogens with zero attached hydrogens (tertiary/aromatic N) is 9. The maximum absolute atomic E-state index is 12.1. The third-order valence-corrected chi connectivity index (χ3v) is 11.4. The van der Waals surface area contributed by atoms with Crippen molar-refractivity contribution >= 4 is 99.8 Å². The first-order valence-corrected chi connectivity index (χ1v) is 22.2. The summed E-state index contributed by atoms with van der Waals surface area (Å²) in [7, 11) is -3.35. The van der Waals surface area contributed by atoms with E-state index in [1.807, 2.05) is 67.9 Å². The van der Waals surface area contributed by atoms with Gasteiger partial charge in [-0.15, -0.1) is 22.7 Å². The van der Waals surface area contributed by atoms with Gasteiger partial charge in [-0.25, -0.2) is 38.4 Å². The average Bonchev–Trinajstić information content (AvgIpc) is 4.02. The van der Waals surface area contributed by atoms with Gasteiger partial charge in [-0.3, -0.25) is 14.8 Å². The van der Waals surface area contributed by atoms with Gasteiger partial charge in [0.05, 0.1) is 64.2 Å². The molecular formula is C39H38N14O4S3. The Balaban J connectivity index is 0.000000172. The van der Waals surface area contributed by atoms with Gasteiger partial charge in [0, 0.05) is 52.3 Å². The first-order chi connectivity index (χ1) is 29.0. The fourth-order valence-electron chi connectivity index (χ4n) is 6.09. The van der Waals surface area contributed by atoms with Crippen molar-refractivity contribution in [3.63, 3.8) is 0 Å². The molecule has 306 valence electrons. The molecule has 0 unspecified atom stereocenters. The van der Waals surface area contributed by atoms with Crippen LogP contribution < -0.4 is 25.6 Å². The second-order valence-electron chi connectivity index (χ2n) is 13.8. The molecule has 1 fully saturated rings. The number of thiophene rings is 2. The van der Waals surface area contributed by atoms with E-state index in [-0.39, 0.29) is 11.8 Å². The molecule has 0 bridgehead atoms. The minimum atomic E-state index is -3.35. The van der Waals surface area contributed by atoms with Crippen LogP contribution in [0.25, 0.3) is 42.7 Å². The molecule has 0 atom stereocenters. The van der Waals surface area contributed by atoms with Crippen molar-refractivity contribution in [2.24, 2.45) is 5.92 Å². The zero-order valence-corrected chi connectivity index (χ0v) is 34.9. The molecule has 1 aliphatic rings. The third-order valence-electron chi connectivity index (χ3n) is 8.99. The highest BCUT2D eigenvalue weighted by molar-refractivity contribution is 7.92. The standard InChI is InChI=1S/C25H26N6O2S.C14H12N8O2S2/c1-16(2)24(32)28-18-5-3-4-17(12-18)20-15-34-21-14-27-25(30-23(20)21)29-19-6-7-22(26-13-19)31-8-10-33-11-9-31;1-26(23,24)20-9-4-2-3-8(5-9)10-7-25-11-6-15-13(16-12(10)11)17-14-18-21-22-19-14/h3-7,12-16H,8-11H2,1-2H3,(H,28,32)(H,27,29,30);2-7,20H,1H3,(H2,15,16,17,18,19,21,22). The summed E-state index contributed by atoms with van der Waals surface area (Å²) in [6.07, 6.45) is 6.46. The summed E-state index contributed by atoms with van der Waals surface area (Å²) in [5, 5.41) is 26.4. The fourth-order valence-corrected chi connectivity index (χ4v) is 8.39. The van der Waals surface area contributed by atoms with Crippen LogP contribution in [0.4, 0.5) is 40.7 Å². The van der Waals surface area contributed by atoms with Gasteiger partial charge >= 0.3 is 0 Å². The molecule has 0 spiro atoms. The number of nitrogens with one attached hydrogen (secondary N) is 5. The number of benzene rings is 2. The molecular weight excluding hydrogens is 825 g/mol. The van der Waals surface area contributed by atoms with E-state index in [9.17, 15) is 13.2 Å². The molecule has 7 heterocycles. The average molecular weight is 863 g/mol. The molecule has 21 heteroatoms. The monoisotopic (exact) mass is 862 g/mol. The SMILES string of the molecule is CC(C)C(=O)Nc1cccc(-c2csc3cnc(Nc4ccc(N5CCOCC5)nc4)nc23)c1.CS(=O)(=O)Nc1cccc(-c2csc3cnc(Nc4nnn[nH]4)nc23)c1.